The number of nitrogen functional groups attached to an aromatic ring is 1. The maximum Gasteiger partial charge on any atom is 0.586 e. The van der Waals surface area contributed by atoms with Crippen molar-refractivity contribution in [1.29, 1.82) is 0 Å². The van der Waals surface area contributed by atoms with Gasteiger partial charge in [0.1, 0.15) is 5.75 Å². The van der Waals surface area contributed by atoms with Crippen molar-refractivity contribution < 1.29 is 23.0 Å². The number of methoxy groups -OCH3 is 1. The lowest BCUT2D eigenvalue weighted by Gasteiger charge is -2.10. The summed E-state index contributed by atoms with van der Waals surface area (Å²) in [6.45, 7) is 0. The summed E-state index contributed by atoms with van der Waals surface area (Å²) in [5, 5.41) is 3.05. The molecule has 1 aliphatic rings. The molecular formula is C14H12F2N2O3. The van der Waals surface area contributed by atoms with Crippen molar-refractivity contribution in [3.05, 3.63) is 36.4 Å². The molecule has 110 valence electrons. The normalized spacial score (nSPS) is 14.8. The van der Waals surface area contributed by atoms with Crippen molar-refractivity contribution in [3.63, 3.8) is 0 Å². The second-order valence-electron chi connectivity index (χ2n) is 4.41. The summed E-state index contributed by atoms with van der Waals surface area (Å²) in [5.74, 6) is 0.500. The summed E-state index contributed by atoms with van der Waals surface area (Å²) < 4.78 is 39.7. The standard InChI is InChI=1S/C14H12F2N2O3/c1-19-12-6-8(2-4-10(12)17)18-9-3-5-11-13(7-9)21-14(15,16)20-11/h2-7,18H,17H2,1H3. The van der Waals surface area contributed by atoms with Gasteiger partial charge in [-0.1, -0.05) is 0 Å². The first-order valence-corrected chi connectivity index (χ1v) is 6.07. The topological polar surface area (TPSA) is 65.7 Å². The highest BCUT2D eigenvalue weighted by molar-refractivity contribution is 5.68. The van der Waals surface area contributed by atoms with Gasteiger partial charge in [0.2, 0.25) is 0 Å². The zero-order chi connectivity index (χ0) is 15.0. The molecule has 3 rings (SSSR count). The van der Waals surface area contributed by atoms with Crippen LogP contribution in [0.4, 0.5) is 25.8 Å². The van der Waals surface area contributed by atoms with Gasteiger partial charge in [0.25, 0.3) is 0 Å². The molecule has 2 aromatic rings. The van der Waals surface area contributed by atoms with Crippen molar-refractivity contribution in [1.82, 2.24) is 0 Å². The number of alkyl halides is 2. The monoisotopic (exact) mass is 294 g/mol. The van der Waals surface area contributed by atoms with Gasteiger partial charge in [-0.15, -0.1) is 8.78 Å². The van der Waals surface area contributed by atoms with Crippen molar-refractivity contribution in [2.24, 2.45) is 0 Å². The number of hydrogen-bond donors (Lipinski definition) is 2. The van der Waals surface area contributed by atoms with Crippen LogP contribution < -0.4 is 25.3 Å². The van der Waals surface area contributed by atoms with Gasteiger partial charge in [0.15, 0.2) is 11.5 Å². The van der Waals surface area contributed by atoms with Gasteiger partial charge in [-0.3, -0.25) is 0 Å². The van der Waals surface area contributed by atoms with Gasteiger partial charge in [-0.25, -0.2) is 0 Å². The SMILES string of the molecule is COc1cc(Nc2ccc3c(c2)OC(F)(F)O3)ccc1N. The molecule has 0 amide bonds. The molecule has 1 aliphatic heterocycles. The molecule has 0 unspecified atom stereocenters. The third-order valence-electron chi connectivity index (χ3n) is 2.92. The maximum atomic E-state index is 12.9. The van der Waals surface area contributed by atoms with E-state index < -0.39 is 6.29 Å². The minimum atomic E-state index is -3.62. The number of anilines is 3. The minimum absolute atomic E-state index is 0.000404. The van der Waals surface area contributed by atoms with Crippen molar-refractivity contribution >= 4 is 17.1 Å². The van der Waals surface area contributed by atoms with E-state index in [0.29, 0.717) is 22.8 Å². The predicted molar refractivity (Wildman–Crippen MR) is 73.3 cm³/mol. The summed E-state index contributed by atoms with van der Waals surface area (Å²) >= 11 is 0. The van der Waals surface area contributed by atoms with Crippen LogP contribution in [0.5, 0.6) is 17.2 Å². The Morgan fingerprint density at radius 1 is 1.05 bits per heavy atom. The number of fused-ring (bicyclic) bond motifs is 1. The van der Waals surface area contributed by atoms with Crippen molar-refractivity contribution in [2.75, 3.05) is 18.2 Å². The quantitative estimate of drug-likeness (QED) is 0.850. The Morgan fingerprint density at radius 3 is 2.48 bits per heavy atom. The van der Waals surface area contributed by atoms with E-state index in [1.807, 2.05) is 0 Å². The molecule has 0 aromatic heterocycles. The Balaban J connectivity index is 1.84. The molecule has 1 heterocycles. The van der Waals surface area contributed by atoms with E-state index >= 15 is 0 Å². The summed E-state index contributed by atoms with van der Waals surface area (Å²) in [5.41, 5.74) is 7.50. The fraction of sp³-hybridized carbons (Fsp3) is 0.143. The van der Waals surface area contributed by atoms with Gasteiger partial charge < -0.3 is 25.3 Å². The first kappa shape index (κ1) is 13.3. The number of benzene rings is 2. The lowest BCUT2D eigenvalue weighted by molar-refractivity contribution is -0.286. The summed E-state index contributed by atoms with van der Waals surface area (Å²) in [6, 6.07) is 9.58. The van der Waals surface area contributed by atoms with Crippen LogP contribution in [0.2, 0.25) is 0 Å². The second kappa shape index (κ2) is 4.69. The highest BCUT2D eigenvalue weighted by atomic mass is 19.3. The molecule has 7 heteroatoms. The van der Waals surface area contributed by atoms with Crippen LogP contribution in [-0.2, 0) is 0 Å². The van der Waals surface area contributed by atoms with Gasteiger partial charge >= 0.3 is 6.29 Å². The zero-order valence-corrected chi connectivity index (χ0v) is 11.0. The third-order valence-corrected chi connectivity index (χ3v) is 2.92. The molecule has 5 nitrogen and oxygen atoms in total. The average molecular weight is 294 g/mol. The lowest BCUT2D eigenvalue weighted by atomic mass is 10.2. The number of nitrogens with two attached hydrogens (primary N) is 1. The third kappa shape index (κ3) is 2.62. The Morgan fingerprint density at radius 2 is 1.71 bits per heavy atom. The van der Waals surface area contributed by atoms with Crippen molar-refractivity contribution in [2.45, 2.75) is 6.29 Å². The fourth-order valence-electron chi connectivity index (χ4n) is 1.98. The van der Waals surface area contributed by atoms with Gasteiger partial charge in [-0.2, -0.15) is 0 Å². The van der Waals surface area contributed by atoms with E-state index in [1.165, 1.54) is 19.2 Å². The highest BCUT2D eigenvalue weighted by Gasteiger charge is 2.43. The summed E-state index contributed by atoms with van der Waals surface area (Å²) in [6.07, 6.45) is -3.62. The van der Waals surface area contributed by atoms with Crippen LogP contribution in [0.3, 0.4) is 0 Å². The van der Waals surface area contributed by atoms with E-state index in [9.17, 15) is 8.78 Å². The number of hydrogen-bond acceptors (Lipinski definition) is 5. The molecular weight excluding hydrogens is 282 g/mol. The molecule has 0 fully saturated rings. The average Bonchev–Trinajstić information content (AvgIpc) is 2.74. The summed E-state index contributed by atoms with van der Waals surface area (Å²) in [4.78, 5) is 0. The van der Waals surface area contributed by atoms with Gasteiger partial charge in [-0.05, 0) is 24.3 Å². The van der Waals surface area contributed by atoms with E-state index in [-0.39, 0.29) is 11.5 Å². The van der Waals surface area contributed by atoms with Crippen LogP contribution in [0.25, 0.3) is 0 Å². The molecule has 0 saturated carbocycles. The van der Waals surface area contributed by atoms with E-state index in [1.54, 1.807) is 24.3 Å². The number of ether oxygens (including phenoxy) is 3. The Kier molecular flexibility index (Phi) is 2.97. The first-order valence-electron chi connectivity index (χ1n) is 6.07. The molecule has 0 atom stereocenters. The maximum absolute atomic E-state index is 12.9. The predicted octanol–water partition coefficient (Wildman–Crippen LogP) is 3.34. The molecule has 0 spiro atoms. The van der Waals surface area contributed by atoms with Gasteiger partial charge in [0, 0.05) is 23.5 Å². The van der Waals surface area contributed by atoms with E-state index in [2.05, 4.69) is 14.8 Å². The minimum Gasteiger partial charge on any atom is -0.495 e. The van der Waals surface area contributed by atoms with Crippen molar-refractivity contribution in [3.8, 4) is 17.2 Å². The molecule has 0 radical (unpaired) electrons. The first-order chi connectivity index (χ1) is 9.97. The lowest BCUT2D eigenvalue weighted by Crippen LogP contribution is -2.25. The molecule has 3 N–H and O–H groups in total. The molecule has 0 bridgehead atoms. The van der Waals surface area contributed by atoms with E-state index in [4.69, 9.17) is 10.5 Å². The second-order valence-corrected chi connectivity index (χ2v) is 4.41. The van der Waals surface area contributed by atoms with Crippen LogP contribution in [-0.4, -0.2) is 13.4 Å². The zero-order valence-electron chi connectivity index (χ0n) is 11.0. The van der Waals surface area contributed by atoms with E-state index in [0.717, 1.165) is 0 Å². The fourth-order valence-corrected chi connectivity index (χ4v) is 1.98. The Hall–Kier alpha value is -2.70. The highest BCUT2D eigenvalue weighted by Crippen LogP contribution is 2.42. The molecule has 0 aliphatic carbocycles. The smallest absolute Gasteiger partial charge is 0.495 e. The number of nitrogens with one attached hydrogen (secondary N) is 1. The number of rotatable bonds is 3. The van der Waals surface area contributed by atoms with Crippen LogP contribution >= 0.6 is 0 Å². The Bertz CT molecular complexity index is 692. The number of halogens is 2. The Labute approximate surface area is 119 Å². The molecule has 2 aromatic carbocycles. The van der Waals surface area contributed by atoms with Crippen LogP contribution in [0, 0.1) is 0 Å². The van der Waals surface area contributed by atoms with Gasteiger partial charge in [0.05, 0.1) is 12.8 Å². The molecule has 0 saturated heterocycles. The van der Waals surface area contributed by atoms with Crippen LogP contribution in [0.1, 0.15) is 0 Å². The summed E-state index contributed by atoms with van der Waals surface area (Å²) in [7, 11) is 1.51. The largest absolute Gasteiger partial charge is 0.586 e. The molecule has 21 heavy (non-hydrogen) atoms. The van der Waals surface area contributed by atoms with Crippen LogP contribution in [0.15, 0.2) is 36.4 Å².